The largest absolute Gasteiger partial charge is 0.469 e. The topological polar surface area (TPSA) is 66.8 Å². The summed E-state index contributed by atoms with van der Waals surface area (Å²) in [4.78, 5) is 11.1. The second-order valence-corrected chi connectivity index (χ2v) is 8.03. The maximum absolute atomic E-state index is 11.1. The Morgan fingerprint density at radius 2 is 1.96 bits per heavy atom. The van der Waals surface area contributed by atoms with Crippen LogP contribution in [-0.4, -0.2) is 35.5 Å². The Labute approximate surface area is 160 Å². The molecule has 5 atom stereocenters. The van der Waals surface area contributed by atoms with Gasteiger partial charge in [0.2, 0.25) is 0 Å². The highest BCUT2D eigenvalue weighted by Crippen LogP contribution is 2.38. The summed E-state index contributed by atoms with van der Waals surface area (Å²) in [6.07, 6.45) is 14.2. The van der Waals surface area contributed by atoms with Crippen LogP contribution in [0.3, 0.4) is 0 Å². The Kier molecular flexibility index (Phi) is 11.9. The van der Waals surface area contributed by atoms with Gasteiger partial charge in [0.25, 0.3) is 0 Å². The summed E-state index contributed by atoms with van der Waals surface area (Å²) >= 11 is 0. The predicted octanol–water partition coefficient (Wildman–Crippen LogP) is 4.63. The quantitative estimate of drug-likeness (QED) is 0.282. The van der Waals surface area contributed by atoms with Gasteiger partial charge in [-0.05, 0) is 56.3 Å². The van der Waals surface area contributed by atoms with Crippen LogP contribution in [-0.2, 0) is 9.53 Å². The number of methoxy groups -OCH3 is 1. The molecule has 0 aromatic heterocycles. The Morgan fingerprint density at radius 3 is 2.65 bits per heavy atom. The van der Waals surface area contributed by atoms with E-state index >= 15 is 0 Å². The van der Waals surface area contributed by atoms with Gasteiger partial charge in [-0.15, -0.1) is 0 Å². The number of aliphatic hydroxyl groups excluding tert-OH is 2. The molecular formula is C22H40O4. The zero-order valence-electron chi connectivity index (χ0n) is 17.0. The van der Waals surface area contributed by atoms with Gasteiger partial charge in [-0.3, -0.25) is 4.79 Å². The van der Waals surface area contributed by atoms with Gasteiger partial charge in [0.05, 0.1) is 25.7 Å². The first-order valence-corrected chi connectivity index (χ1v) is 10.6. The van der Waals surface area contributed by atoms with Gasteiger partial charge < -0.3 is 14.9 Å². The van der Waals surface area contributed by atoms with Crippen LogP contribution in [0.5, 0.6) is 0 Å². The molecule has 1 saturated carbocycles. The zero-order valence-corrected chi connectivity index (χ0v) is 17.0. The molecule has 152 valence electrons. The van der Waals surface area contributed by atoms with Crippen LogP contribution in [0, 0.1) is 17.8 Å². The SMILES string of the molecule is CCCCCCC(C)C(O)CCC1CCC(O)C1C/C=C\CC(=O)OC. The van der Waals surface area contributed by atoms with Crippen LogP contribution in [0.15, 0.2) is 12.2 Å². The van der Waals surface area contributed by atoms with Crippen molar-refractivity contribution < 1.29 is 19.7 Å². The first-order chi connectivity index (χ1) is 12.5. The summed E-state index contributed by atoms with van der Waals surface area (Å²) in [5.74, 6) is 0.836. The number of esters is 1. The minimum Gasteiger partial charge on any atom is -0.469 e. The lowest BCUT2D eigenvalue weighted by molar-refractivity contribution is -0.139. The minimum atomic E-state index is -0.258. The van der Waals surface area contributed by atoms with Crippen LogP contribution >= 0.6 is 0 Å². The van der Waals surface area contributed by atoms with Crippen molar-refractivity contribution in [2.24, 2.45) is 17.8 Å². The molecule has 4 heteroatoms. The summed E-state index contributed by atoms with van der Waals surface area (Å²) < 4.78 is 4.63. The molecule has 1 aliphatic rings. The first kappa shape index (κ1) is 23.2. The average molecular weight is 369 g/mol. The molecule has 26 heavy (non-hydrogen) atoms. The van der Waals surface area contributed by atoms with Crippen LogP contribution in [0.4, 0.5) is 0 Å². The van der Waals surface area contributed by atoms with E-state index in [0.717, 1.165) is 38.5 Å². The number of ether oxygens (including phenoxy) is 1. The molecule has 0 saturated heterocycles. The van der Waals surface area contributed by atoms with E-state index < -0.39 is 0 Å². The Morgan fingerprint density at radius 1 is 1.19 bits per heavy atom. The highest BCUT2D eigenvalue weighted by molar-refractivity contribution is 5.70. The fourth-order valence-electron chi connectivity index (χ4n) is 4.11. The third kappa shape index (κ3) is 8.68. The van der Waals surface area contributed by atoms with Gasteiger partial charge in [-0.2, -0.15) is 0 Å². The molecule has 4 nitrogen and oxygen atoms in total. The number of carbonyl (C=O) groups is 1. The summed E-state index contributed by atoms with van der Waals surface area (Å²) in [6, 6.07) is 0. The summed E-state index contributed by atoms with van der Waals surface area (Å²) in [7, 11) is 1.39. The van der Waals surface area contributed by atoms with E-state index in [2.05, 4.69) is 18.6 Å². The fraction of sp³-hybridized carbons (Fsp3) is 0.864. The average Bonchev–Trinajstić information content (AvgIpc) is 2.99. The first-order valence-electron chi connectivity index (χ1n) is 10.6. The van der Waals surface area contributed by atoms with E-state index in [1.165, 1.54) is 32.8 Å². The van der Waals surface area contributed by atoms with Gasteiger partial charge in [0.15, 0.2) is 0 Å². The van der Waals surface area contributed by atoms with Gasteiger partial charge in [0.1, 0.15) is 0 Å². The normalized spacial score (nSPS) is 25.5. The zero-order chi connectivity index (χ0) is 19.4. The van der Waals surface area contributed by atoms with Crippen molar-refractivity contribution in [2.75, 3.05) is 7.11 Å². The van der Waals surface area contributed by atoms with Gasteiger partial charge in [-0.1, -0.05) is 51.7 Å². The number of rotatable bonds is 13. The molecule has 0 aromatic rings. The van der Waals surface area contributed by atoms with Crippen molar-refractivity contribution in [1.82, 2.24) is 0 Å². The maximum atomic E-state index is 11.1. The van der Waals surface area contributed by atoms with Crippen molar-refractivity contribution >= 4 is 5.97 Å². The van der Waals surface area contributed by atoms with Gasteiger partial charge in [0, 0.05) is 0 Å². The molecule has 0 amide bonds. The van der Waals surface area contributed by atoms with Crippen molar-refractivity contribution in [3.63, 3.8) is 0 Å². The highest BCUT2D eigenvalue weighted by Gasteiger charge is 2.34. The van der Waals surface area contributed by atoms with Crippen LogP contribution in [0.25, 0.3) is 0 Å². The molecule has 0 bridgehead atoms. The van der Waals surface area contributed by atoms with Crippen molar-refractivity contribution in [1.29, 1.82) is 0 Å². The van der Waals surface area contributed by atoms with Crippen molar-refractivity contribution in [2.45, 2.75) is 96.7 Å². The van der Waals surface area contributed by atoms with E-state index in [1.54, 1.807) is 0 Å². The fourth-order valence-corrected chi connectivity index (χ4v) is 4.11. The molecule has 0 spiro atoms. The number of hydrogen-bond donors (Lipinski definition) is 2. The van der Waals surface area contributed by atoms with Crippen LogP contribution in [0.2, 0.25) is 0 Å². The predicted molar refractivity (Wildman–Crippen MR) is 106 cm³/mol. The molecule has 0 radical (unpaired) electrons. The molecule has 0 aromatic carbocycles. The molecule has 0 heterocycles. The third-order valence-electron chi connectivity index (χ3n) is 6.02. The number of carbonyl (C=O) groups excluding carboxylic acids is 1. The molecule has 2 N–H and O–H groups in total. The van der Waals surface area contributed by atoms with Gasteiger partial charge in [-0.25, -0.2) is 0 Å². The summed E-state index contributed by atoms with van der Waals surface area (Å²) in [5.41, 5.74) is 0. The standard InChI is InChI=1S/C22H40O4/c1-4-5-6-7-10-17(2)20(23)15-13-18-14-16-21(24)19(18)11-8-9-12-22(25)26-3/h8-9,17-21,23-24H,4-7,10-16H2,1-3H3/b9-8-. The van der Waals surface area contributed by atoms with Crippen LogP contribution < -0.4 is 0 Å². The number of allylic oxidation sites excluding steroid dienone is 1. The minimum absolute atomic E-state index is 0.232. The van der Waals surface area contributed by atoms with Crippen molar-refractivity contribution in [3.05, 3.63) is 12.2 Å². The second-order valence-electron chi connectivity index (χ2n) is 8.03. The summed E-state index contributed by atoms with van der Waals surface area (Å²) in [6.45, 7) is 4.38. The smallest absolute Gasteiger partial charge is 0.309 e. The maximum Gasteiger partial charge on any atom is 0.309 e. The molecule has 1 rings (SSSR count). The Bertz CT molecular complexity index is 407. The van der Waals surface area contributed by atoms with Gasteiger partial charge >= 0.3 is 5.97 Å². The highest BCUT2D eigenvalue weighted by atomic mass is 16.5. The third-order valence-corrected chi connectivity index (χ3v) is 6.02. The van der Waals surface area contributed by atoms with E-state index in [-0.39, 0.29) is 30.5 Å². The van der Waals surface area contributed by atoms with E-state index in [1.807, 2.05) is 12.2 Å². The Balaban J connectivity index is 2.33. The Hall–Kier alpha value is -0.870. The second kappa shape index (κ2) is 13.3. The van der Waals surface area contributed by atoms with E-state index in [0.29, 0.717) is 11.8 Å². The molecule has 5 unspecified atom stereocenters. The lowest BCUT2D eigenvalue weighted by Crippen LogP contribution is -2.22. The number of hydrogen-bond acceptors (Lipinski definition) is 4. The van der Waals surface area contributed by atoms with E-state index in [9.17, 15) is 15.0 Å². The molecule has 1 aliphatic carbocycles. The van der Waals surface area contributed by atoms with E-state index in [4.69, 9.17) is 0 Å². The van der Waals surface area contributed by atoms with Crippen LogP contribution in [0.1, 0.15) is 84.5 Å². The molecule has 1 fully saturated rings. The monoisotopic (exact) mass is 368 g/mol. The lowest BCUT2D eigenvalue weighted by atomic mass is 9.85. The lowest BCUT2D eigenvalue weighted by Gasteiger charge is -2.24. The molecular weight excluding hydrogens is 328 g/mol. The van der Waals surface area contributed by atoms with Crippen molar-refractivity contribution in [3.8, 4) is 0 Å². The summed E-state index contributed by atoms with van der Waals surface area (Å²) in [5, 5.41) is 20.7. The molecule has 0 aliphatic heterocycles. The number of aliphatic hydroxyl groups is 2. The number of unbranched alkanes of at least 4 members (excludes halogenated alkanes) is 3.